The lowest BCUT2D eigenvalue weighted by atomic mass is 9.95. The molecule has 104 valence electrons. The highest BCUT2D eigenvalue weighted by molar-refractivity contribution is 5.93. The average molecular weight is 265 g/mol. The van der Waals surface area contributed by atoms with Crippen LogP contribution in [-0.4, -0.2) is 30.4 Å². The fourth-order valence-electron chi connectivity index (χ4n) is 2.42. The molecule has 1 aliphatic carbocycles. The molecule has 1 aromatic rings. The summed E-state index contributed by atoms with van der Waals surface area (Å²) < 4.78 is 11.2. The molecule has 5 heteroatoms. The first-order valence-corrected chi connectivity index (χ1v) is 6.42. The molecule has 0 spiro atoms. The molecule has 5 nitrogen and oxygen atoms in total. The van der Waals surface area contributed by atoms with Crippen molar-refractivity contribution in [3.05, 3.63) is 23.8 Å². The molecule has 0 amide bonds. The highest BCUT2D eigenvalue weighted by Gasteiger charge is 2.23. The SMILES string of the molecule is COC1CCCC(Oc2ccc(C(=O)O)c(N)c2)C1. The Morgan fingerprint density at radius 3 is 2.74 bits per heavy atom. The number of nitrogen functional groups attached to an aromatic ring is 1. The predicted molar refractivity (Wildman–Crippen MR) is 71.5 cm³/mol. The average Bonchev–Trinajstić information content (AvgIpc) is 2.38. The quantitative estimate of drug-likeness (QED) is 0.816. The third kappa shape index (κ3) is 3.38. The molecule has 0 aromatic heterocycles. The van der Waals surface area contributed by atoms with Crippen LogP contribution in [0.2, 0.25) is 0 Å². The maximum absolute atomic E-state index is 10.9. The van der Waals surface area contributed by atoms with Gasteiger partial charge in [0.1, 0.15) is 11.9 Å². The molecule has 0 saturated heterocycles. The number of carboxylic acids is 1. The summed E-state index contributed by atoms with van der Waals surface area (Å²) in [5.74, 6) is -0.412. The number of nitrogens with two attached hydrogens (primary N) is 1. The van der Waals surface area contributed by atoms with Gasteiger partial charge in [-0.2, -0.15) is 0 Å². The number of anilines is 1. The van der Waals surface area contributed by atoms with Crippen LogP contribution in [0.4, 0.5) is 5.69 Å². The molecular weight excluding hydrogens is 246 g/mol. The maximum Gasteiger partial charge on any atom is 0.337 e. The molecule has 0 radical (unpaired) electrons. The van der Waals surface area contributed by atoms with Crippen LogP contribution in [-0.2, 0) is 4.74 Å². The largest absolute Gasteiger partial charge is 0.490 e. The van der Waals surface area contributed by atoms with Crippen LogP contribution >= 0.6 is 0 Å². The molecule has 0 heterocycles. The van der Waals surface area contributed by atoms with Gasteiger partial charge in [0.15, 0.2) is 0 Å². The lowest BCUT2D eigenvalue weighted by molar-refractivity contribution is 0.0210. The summed E-state index contributed by atoms with van der Waals surface area (Å²) in [7, 11) is 1.71. The van der Waals surface area contributed by atoms with Crippen molar-refractivity contribution < 1.29 is 19.4 Å². The van der Waals surface area contributed by atoms with Gasteiger partial charge >= 0.3 is 5.97 Å². The second kappa shape index (κ2) is 5.93. The van der Waals surface area contributed by atoms with Gasteiger partial charge in [0.2, 0.25) is 0 Å². The van der Waals surface area contributed by atoms with Crippen molar-refractivity contribution in [1.82, 2.24) is 0 Å². The Morgan fingerprint density at radius 1 is 1.37 bits per heavy atom. The molecular formula is C14H19NO4. The summed E-state index contributed by atoms with van der Waals surface area (Å²) in [4.78, 5) is 10.9. The van der Waals surface area contributed by atoms with Crippen LogP contribution in [0.5, 0.6) is 5.75 Å². The maximum atomic E-state index is 10.9. The number of carbonyl (C=O) groups is 1. The smallest absolute Gasteiger partial charge is 0.337 e. The van der Waals surface area contributed by atoms with Gasteiger partial charge in [-0.1, -0.05) is 0 Å². The summed E-state index contributed by atoms with van der Waals surface area (Å²) in [6.07, 6.45) is 4.34. The van der Waals surface area contributed by atoms with Crippen LogP contribution in [0.1, 0.15) is 36.0 Å². The van der Waals surface area contributed by atoms with E-state index >= 15 is 0 Å². The second-order valence-corrected chi connectivity index (χ2v) is 4.82. The summed E-state index contributed by atoms with van der Waals surface area (Å²) in [6.45, 7) is 0. The van der Waals surface area contributed by atoms with E-state index < -0.39 is 5.97 Å². The molecule has 0 bridgehead atoms. The van der Waals surface area contributed by atoms with Crippen LogP contribution < -0.4 is 10.5 Å². The van der Waals surface area contributed by atoms with E-state index in [1.54, 1.807) is 19.2 Å². The number of methoxy groups -OCH3 is 1. The number of rotatable bonds is 4. The lowest BCUT2D eigenvalue weighted by Gasteiger charge is -2.28. The minimum atomic E-state index is -1.03. The monoisotopic (exact) mass is 265 g/mol. The van der Waals surface area contributed by atoms with E-state index in [2.05, 4.69) is 0 Å². The molecule has 1 aromatic carbocycles. The van der Waals surface area contributed by atoms with Crippen molar-refractivity contribution >= 4 is 11.7 Å². The lowest BCUT2D eigenvalue weighted by Crippen LogP contribution is -2.29. The van der Waals surface area contributed by atoms with E-state index in [-0.39, 0.29) is 23.5 Å². The molecule has 1 fully saturated rings. The molecule has 1 saturated carbocycles. The Morgan fingerprint density at radius 2 is 2.11 bits per heavy atom. The molecule has 2 atom stereocenters. The molecule has 3 N–H and O–H groups in total. The molecule has 1 aliphatic rings. The first-order valence-electron chi connectivity index (χ1n) is 6.42. The third-order valence-electron chi connectivity index (χ3n) is 3.47. The van der Waals surface area contributed by atoms with Gasteiger partial charge in [0.25, 0.3) is 0 Å². The standard InChI is InChI=1S/C14H19NO4/c1-18-9-3-2-4-10(7-9)19-11-5-6-12(14(16)17)13(15)8-11/h5-6,8-10H,2-4,7,15H2,1H3,(H,16,17). The number of benzene rings is 1. The topological polar surface area (TPSA) is 81.8 Å². The van der Waals surface area contributed by atoms with E-state index in [0.717, 1.165) is 25.7 Å². The zero-order valence-electron chi connectivity index (χ0n) is 11.0. The van der Waals surface area contributed by atoms with E-state index in [1.807, 2.05) is 0 Å². The summed E-state index contributed by atoms with van der Waals surface area (Å²) in [5.41, 5.74) is 6.02. The van der Waals surface area contributed by atoms with E-state index in [1.165, 1.54) is 6.07 Å². The zero-order chi connectivity index (χ0) is 13.8. The van der Waals surface area contributed by atoms with Crippen molar-refractivity contribution in [1.29, 1.82) is 0 Å². The molecule has 0 aliphatic heterocycles. The fraction of sp³-hybridized carbons (Fsp3) is 0.500. The van der Waals surface area contributed by atoms with Crippen LogP contribution in [0.25, 0.3) is 0 Å². The first-order chi connectivity index (χ1) is 9.10. The van der Waals surface area contributed by atoms with Crippen molar-refractivity contribution in [2.24, 2.45) is 0 Å². The molecule has 19 heavy (non-hydrogen) atoms. The van der Waals surface area contributed by atoms with Crippen LogP contribution in [0.3, 0.4) is 0 Å². The summed E-state index contributed by atoms with van der Waals surface area (Å²) in [5, 5.41) is 8.91. The van der Waals surface area contributed by atoms with Gasteiger partial charge in [0, 0.05) is 25.3 Å². The highest BCUT2D eigenvalue weighted by atomic mass is 16.5. The van der Waals surface area contributed by atoms with Crippen molar-refractivity contribution in [2.45, 2.75) is 37.9 Å². The Labute approximate surface area is 112 Å². The van der Waals surface area contributed by atoms with Gasteiger partial charge < -0.3 is 20.3 Å². The molecule has 2 unspecified atom stereocenters. The Hall–Kier alpha value is -1.75. The van der Waals surface area contributed by atoms with E-state index in [0.29, 0.717) is 5.75 Å². The van der Waals surface area contributed by atoms with Gasteiger partial charge in [0.05, 0.1) is 11.7 Å². The summed E-state index contributed by atoms with van der Waals surface area (Å²) in [6, 6.07) is 4.69. The van der Waals surface area contributed by atoms with Crippen molar-refractivity contribution in [3.8, 4) is 5.75 Å². The first kappa shape index (κ1) is 13.7. The number of hydrogen-bond acceptors (Lipinski definition) is 4. The zero-order valence-corrected chi connectivity index (χ0v) is 11.0. The van der Waals surface area contributed by atoms with Crippen LogP contribution in [0.15, 0.2) is 18.2 Å². The number of aromatic carboxylic acids is 1. The van der Waals surface area contributed by atoms with E-state index in [9.17, 15) is 4.79 Å². The number of carboxylic acid groups (broad SMARTS) is 1. The minimum absolute atomic E-state index is 0.103. The highest BCUT2D eigenvalue weighted by Crippen LogP contribution is 2.27. The number of ether oxygens (including phenoxy) is 2. The molecule has 2 rings (SSSR count). The normalized spacial score (nSPS) is 23.0. The predicted octanol–water partition coefficient (Wildman–Crippen LogP) is 2.30. The van der Waals surface area contributed by atoms with Gasteiger partial charge in [-0.05, 0) is 31.4 Å². The third-order valence-corrected chi connectivity index (χ3v) is 3.47. The Kier molecular flexibility index (Phi) is 4.27. The Balaban J connectivity index is 2.03. The Bertz CT molecular complexity index is 461. The second-order valence-electron chi connectivity index (χ2n) is 4.82. The minimum Gasteiger partial charge on any atom is -0.490 e. The van der Waals surface area contributed by atoms with Gasteiger partial charge in [-0.25, -0.2) is 4.79 Å². The fourth-order valence-corrected chi connectivity index (χ4v) is 2.42. The summed E-state index contributed by atoms with van der Waals surface area (Å²) >= 11 is 0. The van der Waals surface area contributed by atoms with Crippen molar-refractivity contribution in [3.63, 3.8) is 0 Å². The van der Waals surface area contributed by atoms with Gasteiger partial charge in [-0.15, -0.1) is 0 Å². The number of hydrogen-bond donors (Lipinski definition) is 2. The van der Waals surface area contributed by atoms with Gasteiger partial charge in [-0.3, -0.25) is 0 Å². The van der Waals surface area contributed by atoms with E-state index in [4.69, 9.17) is 20.3 Å². The van der Waals surface area contributed by atoms with Crippen LogP contribution in [0, 0.1) is 0 Å². The van der Waals surface area contributed by atoms with Crippen molar-refractivity contribution in [2.75, 3.05) is 12.8 Å².